The second-order valence-electron chi connectivity index (χ2n) is 4.20. The average molecular weight is 264 g/mol. The van der Waals surface area contributed by atoms with Crippen LogP contribution in [0.4, 0.5) is 0 Å². The van der Waals surface area contributed by atoms with Gasteiger partial charge in [-0.05, 0) is 48.9 Å². The monoisotopic (exact) mass is 263 g/mol. The quantitative estimate of drug-likeness (QED) is 0.793. The Morgan fingerprint density at radius 1 is 1.47 bits per heavy atom. The van der Waals surface area contributed by atoms with Gasteiger partial charge in [-0.3, -0.25) is 0 Å². The molecule has 0 spiro atoms. The van der Waals surface area contributed by atoms with E-state index in [4.69, 9.17) is 0 Å². The molecule has 0 radical (unpaired) electrons. The van der Waals surface area contributed by atoms with E-state index in [1.165, 1.54) is 17.5 Å². The predicted molar refractivity (Wildman–Crippen MR) is 64.7 cm³/mol. The number of nitriles is 1. The fourth-order valence-corrected chi connectivity index (χ4v) is 2.64. The number of halogens is 1. The molecular formula is C13H14BrN. The molecule has 1 fully saturated rings. The van der Waals surface area contributed by atoms with Crippen LogP contribution in [0, 0.1) is 11.3 Å². The van der Waals surface area contributed by atoms with Gasteiger partial charge in [0.25, 0.3) is 0 Å². The summed E-state index contributed by atoms with van der Waals surface area (Å²) in [7, 11) is 0. The van der Waals surface area contributed by atoms with Gasteiger partial charge in [0.05, 0.1) is 11.5 Å². The zero-order chi connectivity index (χ0) is 10.9. The second-order valence-corrected chi connectivity index (χ2v) is 5.12. The highest BCUT2D eigenvalue weighted by Gasteiger charge is 2.40. The Hall–Kier alpha value is -0.810. The first-order chi connectivity index (χ1) is 7.22. The molecule has 0 atom stereocenters. The van der Waals surface area contributed by atoms with Crippen LogP contribution in [0.1, 0.15) is 37.3 Å². The average Bonchev–Trinajstić information content (AvgIpc) is 2.17. The zero-order valence-electron chi connectivity index (χ0n) is 8.89. The molecule has 0 aliphatic heterocycles. The van der Waals surface area contributed by atoms with E-state index in [2.05, 4.69) is 47.1 Å². The SMILES string of the molecule is CCc1ccc(Br)cc1C1(C#N)CCC1. The number of benzene rings is 1. The number of hydrogen-bond acceptors (Lipinski definition) is 1. The van der Waals surface area contributed by atoms with Crippen LogP contribution < -0.4 is 0 Å². The van der Waals surface area contributed by atoms with Gasteiger partial charge in [-0.25, -0.2) is 0 Å². The Morgan fingerprint density at radius 3 is 2.67 bits per heavy atom. The molecular weight excluding hydrogens is 250 g/mol. The fourth-order valence-electron chi connectivity index (χ4n) is 2.27. The highest BCUT2D eigenvalue weighted by Crippen LogP contribution is 2.45. The third kappa shape index (κ3) is 1.70. The summed E-state index contributed by atoms with van der Waals surface area (Å²) in [6, 6.07) is 8.84. The first-order valence-electron chi connectivity index (χ1n) is 5.42. The van der Waals surface area contributed by atoms with E-state index < -0.39 is 0 Å². The van der Waals surface area contributed by atoms with Crippen LogP contribution >= 0.6 is 15.9 Å². The van der Waals surface area contributed by atoms with Crippen LogP contribution in [0.25, 0.3) is 0 Å². The van der Waals surface area contributed by atoms with Crippen molar-refractivity contribution in [3.63, 3.8) is 0 Å². The maximum Gasteiger partial charge on any atom is 0.0825 e. The maximum absolute atomic E-state index is 9.34. The van der Waals surface area contributed by atoms with Gasteiger partial charge >= 0.3 is 0 Å². The third-order valence-electron chi connectivity index (χ3n) is 3.39. The molecule has 1 aliphatic rings. The molecule has 0 aromatic heterocycles. The lowest BCUT2D eigenvalue weighted by Crippen LogP contribution is -2.33. The highest BCUT2D eigenvalue weighted by atomic mass is 79.9. The molecule has 78 valence electrons. The van der Waals surface area contributed by atoms with Crippen LogP contribution in [0.2, 0.25) is 0 Å². The number of hydrogen-bond donors (Lipinski definition) is 0. The molecule has 0 unspecified atom stereocenters. The van der Waals surface area contributed by atoms with Gasteiger partial charge in [0.1, 0.15) is 0 Å². The first-order valence-corrected chi connectivity index (χ1v) is 6.21. The minimum absolute atomic E-state index is 0.185. The smallest absolute Gasteiger partial charge is 0.0825 e. The molecule has 0 N–H and O–H groups in total. The van der Waals surface area contributed by atoms with Gasteiger partial charge in [-0.15, -0.1) is 0 Å². The van der Waals surface area contributed by atoms with Gasteiger partial charge in [0, 0.05) is 4.47 Å². The van der Waals surface area contributed by atoms with Gasteiger partial charge in [-0.1, -0.05) is 28.9 Å². The number of rotatable bonds is 2. The number of nitrogens with zero attached hydrogens (tertiary/aromatic N) is 1. The summed E-state index contributed by atoms with van der Waals surface area (Å²) in [6.07, 6.45) is 4.23. The Balaban J connectivity index is 2.50. The summed E-state index contributed by atoms with van der Waals surface area (Å²) < 4.78 is 1.08. The van der Waals surface area contributed by atoms with E-state index in [1.54, 1.807) is 0 Å². The van der Waals surface area contributed by atoms with E-state index in [-0.39, 0.29) is 5.41 Å². The van der Waals surface area contributed by atoms with Gasteiger partial charge in [0.2, 0.25) is 0 Å². The summed E-state index contributed by atoms with van der Waals surface area (Å²) >= 11 is 3.49. The molecule has 1 aromatic carbocycles. The van der Waals surface area contributed by atoms with Crippen molar-refractivity contribution in [2.45, 2.75) is 38.0 Å². The third-order valence-corrected chi connectivity index (χ3v) is 3.88. The Labute approximate surface area is 99.2 Å². The predicted octanol–water partition coefficient (Wildman–Crippen LogP) is 3.96. The van der Waals surface area contributed by atoms with E-state index in [0.29, 0.717) is 0 Å². The van der Waals surface area contributed by atoms with Crippen molar-refractivity contribution in [2.24, 2.45) is 0 Å². The van der Waals surface area contributed by atoms with E-state index in [9.17, 15) is 5.26 Å². The van der Waals surface area contributed by atoms with Crippen LogP contribution in [-0.4, -0.2) is 0 Å². The fraction of sp³-hybridized carbons (Fsp3) is 0.462. The molecule has 0 bridgehead atoms. The van der Waals surface area contributed by atoms with Gasteiger partial charge in [-0.2, -0.15) is 5.26 Å². The first kappa shape index (κ1) is 10.7. The van der Waals surface area contributed by atoms with E-state index in [0.717, 1.165) is 23.7 Å². The summed E-state index contributed by atoms with van der Waals surface area (Å²) in [5, 5.41) is 9.34. The van der Waals surface area contributed by atoms with Crippen molar-refractivity contribution in [1.82, 2.24) is 0 Å². The molecule has 1 aliphatic carbocycles. The Morgan fingerprint density at radius 2 is 2.20 bits per heavy atom. The second kappa shape index (κ2) is 3.98. The summed E-state index contributed by atoms with van der Waals surface area (Å²) in [4.78, 5) is 0. The van der Waals surface area contributed by atoms with E-state index in [1.807, 2.05) is 0 Å². The summed E-state index contributed by atoms with van der Waals surface area (Å²) in [5.74, 6) is 0. The minimum Gasteiger partial charge on any atom is -0.197 e. The molecule has 2 heteroatoms. The van der Waals surface area contributed by atoms with Crippen molar-refractivity contribution in [2.75, 3.05) is 0 Å². The lowest BCUT2D eigenvalue weighted by molar-refractivity contribution is 0.322. The number of aryl methyl sites for hydroxylation is 1. The van der Waals surface area contributed by atoms with Gasteiger partial charge < -0.3 is 0 Å². The van der Waals surface area contributed by atoms with Gasteiger partial charge in [0.15, 0.2) is 0 Å². The van der Waals surface area contributed by atoms with Crippen LogP contribution in [0.5, 0.6) is 0 Å². The lowest BCUT2D eigenvalue weighted by atomic mass is 9.64. The standard InChI is InChI=1S/C13H14BrN/c1-2-10-4-5-11(14)8-12(10)13(9-15)6-3-7-13/h4-5,8H,2-3,6-7H2,1H3. The maximum atomic E-state index is 9.34. The largest absolute Gasteiger partial charge is 0.197 e. The van der Waals surface area contributed by atoms with Crippen molar-refractivity contribution in [3.05, 3.63) is 33.8 Å². The summed E-state index contributed by atoms with van der Waals surface area (Å²) in [5.41, 5.74) is 2.38. The molecule has 2 rings (SSSR count). The van der Waals surface area contributed by atoms with E-state index >= 15 is 0 Å². The Kier molecular flexibility index (Phi) is 2.84. The van der Waals surface area contributed by atoms with Crippen LogP contribution in [0.3, 0.4) is 0 Å². The molecule has 0 heterocycles. The van der Waals surface area contributed by atoms with Crippen LogP contribution in [0.15, 0.2) is 22.7 Å². The van der Waals surface area contributed by atoms with Crippen LogP contribution in [-0.2, 0) is 11.8 Å². The molecule has 0 amide bonds. The van der Waals surface area contributed by atoms with Crippen molar-refractivity contribution < 1.29 is 0 Å². The highest BCUT2D eigenvalue weighted by molar-refractivity contribution is 9.10. The normalized spacial score (nSPS) is 17.9. The lowest BCUT2D eigenvalue weighted by Gasteiger charge is -2.37. The zero-order valence-corrected chi connectivity index (χ0v) is 10.5. The molecule has 0 saturated heterocycles. The topological polar surface area (TPSA) is 23.8 Å². The molecule has 1 saturated carbocycles. The minimum atomic E-state index is -0.185. The van der Waals surface area contributed by atoms with Crippen molar-refractivity contribution >= 4 is 15.9 Å². The molecule has 1 nitrogen and oxygen atoms in total. The van der Waals surface area contributed by atoms with Crippen molar-refractivity contribution in [3.8, 4) is 6.07 Å². The summed E-state index contributed by atoms with van der Waals surface area (Å²) in [6.45, 7) is 2.15. The van der Waals surface area contributed by atoms with Crippen molar-refractivity contribution in [1.29, 1.82) is 5.26 Å². The molecule has 15 heavy (non-hydrogen) atoms. The molecule has 1 aromatic rings. The Bertz CT molecular complexity index is 413.